The van der Waals surface area contributed by atoms with Crippen molar-refractivity contribution in [3.05, 3.63) is 65.7 Å². The molecule has 2 aromatic carbocycles. The van der Waals surface area contributed by atoms with E-state index in [0.29, 0.717) is 13.0 Å². The molecule has 134 valence electrons. The van der Waals surface area contributed by atoms with Crippen molar-refractivity contribution in [3.8, 4) is 0 Å². The van der Waals surface area contributed by atoms with Gasteiger partial charge in [0.2, 0.25) is 6.04 Å². The zero-order valence-electron chi connectivity index (χ0n) is 14.9. The first-order valence-corrected chi connectivity index (χ1v) is 8.92. The summed E-state index contributed by atoms with van der Waals surface area (Å²) in [5.41, 5.74) is 9.13. The fraction of sp³-hybridized carbons (Fsp3) is 0.286. The largest absolute Gasteiger partial charge is 0.367 e. The number of benzodiazepines with no additional fused rings is 1. The Morgan fingerprint density at radius 2 is 1.77 bits per heavy atom. The van der Waals surface area contributed by atoms with Gasteiger partial charge in [-0.1, -0.05) is 55.5 Å². The van der Waals surface area contributed by atoms with E-state index in [-0.39, 0.29) is 5.91 Å². The van der Waals surface area contributed by atoms with Crippen molar-refractivity contribution in [1.29, 1.82) is 0 Å². The van der Waals surface area contributed by atoms with Crippen molar-refractivity contribution in [2.45, 2.75) is 32.2 Å². The minimum absolute atomic E-state index is 0.346. The van der Waals surface area contributed by atoms with Gasteiger partial charge in [-0.2, -0.15) is 0 Å². The van der Waals surface area contributed by atoms with E-state index in [0.717, 1.165) is 29.8 Å². The van der Waals surface area contributed by atoms with Gasteiger partial charge in [0.05, 0.1) is 5.69 Å². The van der Waals surface area contributed by atoms with Gasteiger partial charge in [-0.15, -0.1) is 0 Å². The molecule has 5 nitrogen and oxygen atoms in total. The molecule has 1 heterocycles. The number of fused-ring (bicyclic) bond motifs is 1. The Morgan fingerprint density at radius 3 is 2.46 bits per heavy atom. The summed E-state index contributed by atoms with van der Waals surface area (Å²) in [6.45, 7) is 2.53. The molecule has 0 aliphatic carbocycles. The van der Waals surface area contributed by atoms with Crippen molar-refractivity contribution in [2.75, 3.05) is 11.4 Å². The van der Waals surface area contributed by atoms with Crippen LogP contribution in [0, 0.1) is 0 Å². The standard InChI is InChI=1S/C21H23N3O2/c1-2-14-24-18-11-7-6-10-16(18)17(23-19(20(22)25)21(24)26)13-12-15-8-4-3-5-9-15/h3-11,19H,2,12-14H2,1H3,(H2,22,25). The number of rotatable bonds is 6. The second kappa shape index (κ2) is 7.95. The lowest BCUT2D eigenvalue weighted by atomic mass is 10.00. The van der Waals surface area contributed by atoms with Crippen molar-refractivity contribution in [3.63, 3.8) is 0 Å². The van der Waals surface area contributed by atoms with Crippen LogP contribution < -0.4 is 10.6 Å². The van der Waals surface area contributed by atoms with Crippen LogP contribution in [0.3, 0.4) is 0 Å². The number of nitrogens with zero attached hydrogens (tertiary/aromatic N) is 2. The van der Waals surface area contributed by atoms with Crippen molar-refractivity contribution in [2.24, 2.45) is 10.7 Å². The van der Waals surface area contributed by atoms with Gasteiger partial charge in [0, 0.05) is 17.8 Å². The summed E-state index contributed by atoms with van der Waals surface area (Å²) < 4.78 is 0. The lowest BCUT2D eigenvalue weighted by molar-refractivity contribution is -0.127. The minimum Gasteiger partial charge on any atom is -0.367 e. The van der Waals surface area contributed by atoms with Crippen LogP contribution in [0.25, 0.3) is 0 Å². The van der Waals surface area contributed by atoms with E-state index in [1.165, 1.54) is 5.56 Å². The molecule has 2 aromatic rings. The first-order valence-electron chi connectivity index (χ1n) is 8.92. The summed E-state index contributed by atoms with van der Waals surface area (Å²) in [6, 6.07) is 16.6. The van der Waals surface area contributed by atoms with E-state index in [4.69, 9.17) is 5.73 Å². The summed E-state index contributed by atoms with van der Waals surface area (Å²) in [6.07, 6.45) is 2.20. The molecular formula is C21H23N3O2. The number of primary amides is 1. The van der Waals surface area contributed by atoms with Gasteiger partial charge in [0.15, 0.2) is 0 Å². The van der Waals surface area contributed by atoms with Crippen LogP contribution in [0.4, 0.5) is 5.69 Å². The number of aliphatic imine (C=N–C) groups is 1. The van der Waals surface area contributed by atoms with E-state index in [2.05, 4.69) is 17.1 Å². The van der Waals surface area contributed by atoms with Crippen LogP contribution in [-0.4, -0.2) is 30.1 Å². The maximum Gasteiger partial charge on any atom is 0.261 e. The zero-order valence-corrected chi connectivity index (χ0v) is 14.9. The maximum atomic E-state index is 12.9. The molecule has 0 saturated carbocycles. The number of hydrogen-bond donors (Lipinski definition) is 1. The number of aryl methyl sites for hydroxylation is 1. The van der Waals surface area contributed by atoms with Crippen LogP contribution in [0.5, 0.6) is 0 Å². The highest BCUT2D eigenvalue weighted by molar-refractivity contribution is 6.18. The SMILES string of the molecule is CCCN1C(=O)C(C(N)=O)N=C(CCc2ccccc2)c2ccccc21. The Bertz CT molecular complexity index is 830. The molecule has 0 aromatic heterocycles. The number of para-hydroxylation sites is 1. The van der Waals surface area contributed by atoms with Gasteiger partial charge in [0.1, 0.15) is 0 Å². The molecule has 0 bridgehead atoms. The predicted molar refractivity (Wildman–Crippen MR) is 103 cm³/mol. The molecule has 0 spiro atoms. The molecule has 3 rings (SSSR count). The van der Waals surface area contributed by atoms with Crippen LogP contribution in [0.15, 0.2) is 59.6 Å². The summed E-state index contributed by atoms with van der Waals surface area (Å²) in [7, 11) is 0. The quantitative estimate of drug-likeness (QED) is 0.814. The first-order chi connectivity index (χ1) is 12.6. The normalized spacial score (nSPS) is 16.7. The molecule has 0 saturated heterocycles. The number of hydrogen-bond acceptors (Lipinski definition) is 3. The third kappa shape index (κ3) is 3.67. The lowest BCUT2D eigenvalue weighted by Gasteiger charge is -2.23. The minimum atomic E-state index is -1.17. The summed E-state index contributed by atoms with van der Waals surface area (Å²) in [4.78, 5) is 30.9. The fourth-order valence-electron chi connectivity index (χ4n) is 3.25. The second-order valence-electron chi connectivity index (χ2n) is 6.37. The zero-order chi connectivity index (χ0) is 18.5. The van der Waals surface area contributed by atoms with Gasteiger partial charge >= 0.3 is 0 Å². The number of amides is 2. The highest BCUT2D eigenvalue weighted by atomic mass is 16.2. The fourth-order valence-corrected chi connectivity index (χ4v) is 3.25. The molecular weight excluding hydrogens is 326 g/mol. The van der Waals surface area contributed by atoms with E-state index >= 15 is 0 Å². The highest BCUT2D eigenvalue weighted by Gasteiger charge is 2.34. The Balaban J connectivity index is 2.01. The number of carbonyl (C=O) groups excluding carboxylic acids is 2. The summed E-state index contributed by atoms with van der Waals surface area (Å²) >= 11 is 0. The first kappa shape index (κ1) is 17.9. The summed E-state index contributed by atoms with van der Waals surface area (Å²) in [5.74, 6) is -1.05. The Morgan fingerprint density at radius 1 is 1.08 bits per heavy atom. The molecule has 1 aliphatic rings. The molecule has 0 fully saturated rings. The van der Waals surface area contributed by atoms with E-state index in [9.17, 15) is 9.59 Å². The third-order valence-electron chi connectivity index (χ3n) is 4.50. The molecule has 2 N–H and O–H groups in total. The number of nitrogens with two attached hydrogens (primary N) is 1. The highest BCUT2D eigenvalue weighted by Crippen LogP contribution is 2.27. The lowest BCUT2D eigenvalue weighted by Crippen LogP contribution is -2.44. The molecule has 5 heteroatoms. The third-order valence-corrected chi connectivity index (χ3v) is 4.50. The Labute approximate surface area is 153 Å². The van der Waals surface area contributed by atoms with Crippen LogP contribution in [-0.2, 0) is 16.0 Å². The average molecular weight is 349 g/mol. The molecule has 1 aliphatic heterocycles. The van der Waals surface area contributed by atoms with Gasteiger partial charge in [-0.25, -0.2) is 0 Å². The van der Waals surface area contributed by atoms with Crippen LogP contribution in [0.2, 0.25) is 0 Å². The molecule has 1 atom stereocenters. The second-order valence-corrected chi connectivity index (χ2v) is 6.37. The Hall–Kier alpha value is -2.95. The van der Waals surface area contributed by atoms with Crippen molar-refractivity contribution >= 4 is 23.2 Å². The number of anilines is 1. The number of carbonyl (C=O) groups is 2. The smallest absolute Gasteiger partial charge is 0.261 e. The van der Waals surface area contributed by atoms with Crippen LogP contribution >= 0.6 is 0 Å². The number of benzene rings is 2. The topological polar surface area (TPSA) is 75.8 Å². The summed E-state index contributed by atoms with van der Waals surface area (Å²) in [5, 5.41) is 0. The average Bonchev–Trinajstić information content (AvgIpc) is 2.77. The van der Waals surface area contributed by atoms with Crippen molar-refractivity contribution in [1.82, 2.24) is 0 Å². The molecule has 1 unspecified atom stereocenters. The van der Waals surface area contributed by atoms with Crippen molar-refractivity contribution < 1.29 is 9.59 Å². The van der Waals surface area contributed by atoms with Gasteiger partial charge in [-0.05, 0) is 30.9 Å². The monoisotopic (exact) mass is 349 g/mol. The van der Waals surface area contributed by atoms with Gasteiger partial charge < -0.3 is 10.6 Å². The van der Waals surface area contributed by atoms with E-state index in [1.54, 1.807) is 4.90 Å². The van der Waals surface area contributed by atoms with E-state index < -0.39 is 11.9 Å². The molecule has 0 radical (unpaired) electrons. The molecule has 2 amide bonds. The predicted octanol–water partition coefficient (Wildman–Crippen LogP) is 2.72. The van der Waals surface area contributed by atoms with Crippen LogP contribution in [0.1, 0.15) is 30.9 Å². The molecule has 26 heavy (non-hydrogen) atoms. The van der Waals surface area contributed by atoms with Gasteiger partial charge in [-0.3, -0.25) is 14.6 Å². The van der Waals surface area contributed by atoms with E-state index in [1.807, 2.05) is 49.4 Å². The van der Waals surface area contributed by atoms with Gasteiger partial charge in [0.25, 0.3) is 11.8 Å². The Kier molecular flexibility index (Phi) is 5.46. The maximum absolute atomic E-state index is 12.9.